The monoisotopic (exact) mass is 342 g/mol. The fourth-order valence-electron chi connectivity index (χ4n) is 4.02. The summed E-state index contributed by atoms with van der Waals surface area (Å²) >= 11 is 0. The van der Waals surface area contributed by atoms with Crippen LogP contribution in [0.4, 0.5) is 0 Å². The Morgan fingerprint density at radius 1 is 1.28 bits per heavy atom. The van der Waals surface area contributed by atoms with Crippen LogP contribution in [0.5, 0.6) is 5.88 Å². The third-order valence-corrected chi connectivity index (χ3v) is 5.42. The van der Waals surface area contributed by atoms with Gasteiger partial charge >= 0.3 is 0 Å². The van der Waals surface area contributed by atoms with E-state index in [4.69, 9.17) is 4.74 Å². The zero-order valence-electron chi connectivity index (χ0n) is 14.9. The molecule has 3 rings (SSSR count). The van der Waals surface area contributed by atoms with Gasteiger partial charge in [0, 0.05) is 32.4 Å². The first-order valence-electron chi connectivity index (χ1n) is 9.16. The highest BCUT2D eigenvalue weighted by atomic mass is 16.5. The summed E-state index contributed by atoms with van der Waals surface area (Å²) in [6.45, 7) is 2.79. The number of carbonyl (C=O) groups excluding carboxylic acids is 1. The average Bonchev–Trinajstić information content (AvgIpc) is 2.69. The molecule has 1 aliphatic carbocycles. The van der Waals surface area contributed by atoms with Gasteiger partial charge < -0.3 is 9.64 Å². The topological polar surface area (TPSA) is 69.5 Å². The van der Waals surface area contributed by atoms with Crippen LogP contribution < -0.4 is 4.74 Å². The van der Waals surface area contributed by atoms with Gasteiger partial charge in [-0.3, -0.25) is 9.69 Å². The van der Waals surface area contributed by atoms with E-state index in [0.29, 0.717) is 30.5 Å². The van der Waals surface area contributed by atoms with E-state index in [0.717, 1.165) is 25.9 Å². The molecule has 2 fully saturated rings. The van der Waals surface area contributed by atoms with Gasteiger partial charge in [-0.15, -0.1) is 0 Å². The molecule has 134 valence electrons. The van der Waals surface area contributed by atoms with Crippen molar-refractivity contribution >= 4 is 5.91 Å². The quantitative estimate of drug-likeness (QED) is 0.840. The third kappa shape index (κ3) is 3.93. The molecule has 0 aromatic carbocycles. The van der Waals surface area contributed by atoms with Crippen LogP contribution in [0.3, 0.4) is 0 Å². The van der Waals surface area contributed by atoms with Crippen molar-refractivity contribution < 1.29 is 9.53 Å². The summed E-state index contributed by atoms with van der Waals surface area (Å²) in [7, 11) is 1.53. The molecule has 25 heavy (non-hydrogen) atoms. The highest BCUT2D eigenvalue weighted by Crippen LogP contribution is 2.29. The molecule has 2 heterocycles. The summed E-state index contributed by atoms with van der Waals surface area (Å²) < 4.78 is 5.20. The molecule has 1 unspecified atom stereocenters. The first kappa shape index (κ1) is 17.7. The number of nitriles is 1. The minimum absolute atomic E-state index is 0.00881. The SMILES string of the molecule is COc1ncccc1C(=O)N1CCN(C(C#N)C2CCCCC2)CC1. The molecule has 0 radical (unpaired) electrons. The predicted molar refractivity (Wildman–Crippen MR) is 94.2 cm³/mol. The summed E-state index contributed by atoms with van der Waals surface area (Å²) in [6.07, 6.45) is 7.71. The highest BCUT2D eigenvalue weighted by molar-refractivity contribution is 5.96. The lowest BCUT2D eigenvalue weighted by Crippen LogP contribution is -2.53. The number of hydrogen-bond acceptors (Lipinski definition) is 5. The normalized spacial score (nSPS) is 20.7. The number of pyridine rings is 1. The standard InChI is InChI=1S/C19H26N4O2/c1-25-18-16(8-5-9-21-18)19(24)23-12-10-22(11-13-23)17(14-20)15-6-3-2-4-7-15/h5,8-9,15,17H,2-4,6-7,10-13H2,1H3. The molecule has 0 bridgehead atoms. The Hall–Kier alpha value is -2.13. The van der Waals surface area contributed by atoms with Gasteiger partial charge in [-0.05, 0) is 30.9 Å². The number of amides is 1. The maximum Gasteiger partial charge on any atom is 0.259 e. The van der Waals surface area contributed by atoms with Crippen molar-refractivity contribution in [1.82, 2.24) is 14.8 Å². The lowest BCUT2D eigenvalue weighted by molar-refractivity contribution is 0.0535. The van der Waals surface area contributed by atoms with Crippen LogP contribution in [0.25, 0.3) is 0 Å². The van der Waals surface area contributed by atoms with E-state index in [2.05, 4.69) is 16.0 Å². The van der Waals surface area contributed by atoms with Crippen molar-refractivity contribution in [3.8, 4) is 11.9 Å². The Morgan fingerprint density at radius 2 is 2.00 bits per heavy atom. The van der Waals surface area contributed by atoms with E-state index in [-0.39, 0.29) is 11.9 Å². The molecule has 6 nitrogen and oxygen atoms in total. The van der Waals surface area contributed by atoms with E-state index in [1.54, 1.807) is 18.3 Å². The van der Waals surface area contributed by atoms with Crippen molar-refractivity contribution in [2.75, 3.05) is 33.3 Å². The molecule has 0 N–H and O–H groups in total. The lowest BCUT2D eigenvalue weighted by Gasteiger charge is -2.40. The number of piperazine rings is 1. The lowest BCUT2D eigenvalue weighted by atomic mass is 9.83. The predicted octanol–water partition coefficient (Wildman–Crippen LogP) is 2.32. The Bertz CT molecular complexity index is 629. The number of carbonyl (C=O) groups is 1. The number of methoxy groups -OCH3 is 1. The van der Waals surface area contributed by atoms with E-state index in [1.165, 1.54) is 26.4 Å². The number of hydrogen-bond donors (Lipinski definition) is 0. The highest BCUT2D eigenvalue weighted by Gasteiger charge is 2.32. The van der Waals surface area contributed by atoms with Gasteiger partial charge in [0.1, 0.15) is 11.6 Å². The maximum absolute atomic E-state index is 12.7. The Kier molecular flexibility index (Phi) is 5.87. The average molecular weight is 342 g/mol. The van der Waals surface area contributed by atoms with Crippen LogP contribution >= 0.6 is 0 Å². The molecule has 1 aliphatic heterocycles. The van der Waals surface area contributed by atoms with E-state index in [1.807, 2.05) is 4.90 Å². The van der Waals surface area contributed by atoms with Gasteiger partial charge in [0.25, 0.3) is 5.91 Å². The van der Waals surface area contributed by atoms with Crippen molar-refractivity contribution in [3.63, 3.8) is 0 Å². The molecular weight excluding hydrogens is 316 g/mol. The summed E-state index contributed by atoms with van der Waals surface area (Å²) in [5.74, 6) is 0.808. The summed E-state index contributed by atoms with van der Waals surface area (Å²) in [4.78, 5) is 21.0. The molecule has 1 aromatic rings. The molecule has 1 amide bonds. The van der Waals surface area contributed by atoms with Gasteiger partial charge in [-0.2, -0.15) is 5.26 Å². The maximum atomic E-state index is 12.7. The van der Waals surface area contributed by atoms with Crippen LogP contribution in [0.1, 0.15) is 42.5 Å². The van der Waals surface area contributed by atoms with E-state index >= 15 is 0 Å². The van der Waals surface area contributed by atoms with Crippen molar-refractivity contribution in [3.05, 3.63) is 23.9 Å². The van der Waals surface area contributed by atoms with Gasteiger partial charge in [-0.1, -0.05) is 19.3 Å². The third-order valence-electron chi connectivity index (χ3n) is 5.42. The first-order chi connectivity index (χ1) is 12.2. The number of aromatic nitrogens is 1. The second-order valence-electron chi connectivity index (χ2n) is 6.86. The van der Waals surface area contributed by atoms with Crippen LogP contribution in [0.15, 0.2) is 18.3 Å². The zero-order valence-corrected chi connectivity index (χ0v) is 14.9. The second kappa shape index (κ2) is 8.30. The fraction of sp³-hybridized carbons (Fsp3) is 0.632. The molecule has 1 aromatic heterocycles. The largest absolute Gasteiger partial charge is 0.480 e. The number of nitrogens with zero attached hydrogens (tertiary/aromatic N) is 4. The number of ether oxygens (including phenoxy) is 1. The molecule has 6 heteroatoms. The molecule has 1 saturated carbocycles. The van der Waals surface area contributed by atoms with Crippen LogP contribution in [-0.4, -0.2) is 60.0 Å². The Morgan fingerprint density at radius 3 is 2.64 bits per heavy atom. The summed E-state index contributed by atoms with van der Waals surface area (Å²) in [5.41, 5.74) is 0.502. The zero-order chi connectivity index (χ0) is 17.6. The smallest absolute Gasteiger partial charge is 0.259 e. The van der Waals surface area contributed by atoms with Crippen molar-refractivity contribution in [2.45, 2.75) is 38.1 Å². The number of rotatable bonds is 4. The van der Waals surface area contributed by atoms with Crippen molar-refractivity contribution in [2.24, 2.45) is 5.92 Å². The Labute approximate surface area is 149 Å². The fourth-order valence-corrected chi connectivity index (χ4v) is 4.02. The molecular formula is C19H26N4O2. The van der Waals surface area contributed by atoms with Gasteiger partial charge in [-0.25, -0.2) is 4.98 Å². The van der Waals surface area contributed by atoms with Gasteiger partial charge in [0.2, 0.25) is 5.88 Å². The van der Waals surface area contributed by atoms with E-state index < -0.39 is 0 Å². The van der Waals surface area contributed by atoms with Crippen LogP contribution in [0, 0.1) is 17.2 Å². The van der Waals surface area contributed by atoms with Crippen molar-refractivity contribution in [1.29, 1.82) is 5.26 Å². The minimum atomic E-state index is -0.0456. The molecule has 1 atom stereocenters. The molecule has 2 aliphatic rings. The minimum Gasteiger partial charge on any atom is -0.480 e. The first-order valence-corrected chi connectivity index (χ1v) is 9.16. The summed E-state index contributed by atoms with van der Waals surface area (Å²) in [6, 6.07) is 6.02. The van der Waals surface area contributed by atoms with Crippen LogP contribution in [-0.2, 0) is 0 Å². The summed E-state index contributed by atoms with van der Waals surface area (Å²) in [5, 5.41) is 9.65. The van der Waals surface area contributed by atoms with E-state index in [9.17, 15) is 10.1 Å². The molecule has 1 saturated heterocycles. The second-order valence-corrected chi connectivity index (χ2v) is 6.86. The van der Waals surface area contributed by atoms with Gasteiger partial charge in [0.15, 0.2) is 0 Å². The Balaban J connectivity index is 1.61. The van der Waals surface area contributed by atoms with Crippen LogP contribution in [0.2, 0.25) is 0 Å². The van der Waals surface area contributed by atoms with Gasteiger partial charge in [0.05, 0.1) is 13.2 Å². The molecule has 0 spiro atoms.